The molecule has 0 bridgehead atoms. The van der Waals surface area contributed by atoms with E-state index in [1.807, 2.05) is 0 Å². The summed E-state index contributed by atoms with van der Waals surface area (Å²) >= 11 is 2.00. The number of thiazole rings is 1. The van der Waals surface area contributed by atoms with Gasteiger partial charge in [-0.3, -0.25) is 24.6 Å². The minimum absolute atomic E-state index is 0.0441. The molecule has 1 aliphatic rings. The van der Waals surface area contributed by atoms with E-state index in [0.717, 1.165) is 27.6 Å². The molecule has 0 saturated heterocycles. The fourth-order valence-corrected chi connectivity index (χ4v) is 5.24. The molecule has 1 atom stereocenters. The molecular formula is C22H17N3O7S2. The van der Waals surface area contributed by atoms with Gasteiger partial charge in [0.1, 0.15) is 4.88 Å². The van der Waals surface area contributed by atoms with Crippen molar-refractivity contribution >= 4 is 51.2 Å². The van der Waals surface area contributed by atoms with E-state index in [1.54, 1.807) is 31.4 Å². The number of carbonyl (C=O) groups excluding carboxylic acids is 3. The summed E-state index contributed by atoms with van der Waals surface area (Å²) in [6.07, 6.45) is 0. The molecular weight excluding hydrogens is 482 g/mol. The number of carbonyl (C=O) groups is 3. The lowest BCUT2D eigenvalue weighted by Gasteiger charge is -2.24. The lowest BCUT2D eigenvalue weighted by atomic mass is 9.95. The Morgan fingerprint density at radius 3 is 2.71 bits per heavy atom. The number of aliphatic hydroxyl groups is 1. The van der Waals surface area contributed by atoms with E-state index in [-0.39, 0.29) is 38.3 Å². The third kappa shape index (κ3) is 3.97. The second kappa shape index (κ2) is 9.15. The molecule has 0 aliphatic carbocycles. The highest BCUT2D eigenvalue weighted by Crippen LogP contribution is 2.44. The van der Waals surface area contributed by atoms with E-state index in [4.69, 9.17) is 4.74 Å². The lowest BCUT2D eigenvalue weighted by Crippen LogP contribution is -2.31. The number of aliphatic hydroxyl groups excluding tert-OH is 1. The van der Waals surface area contributed by atoms with Crippen LogP contribution in [0.25, 0.3) is 0 Å². The highest BCUT2D eigenvalue weighted by atomic mass is 32.1. The summed E-state index contributed by atoms with van der Waals surface area (Å²) in [7, 11) is 0. The minimum atomic E-state index is -1.19. The molecule has 1 aliphatic heterocycles. The van der Waals surface area contributed by atoms with E-state index in [0.29, 0.717) is 5.69 Å². The zero-order valence-corrected chi connectivity index (χ0v) is 19.5. The van der Waals surface area contributed by atoms with Crippen molar-refractivity contribution in [2.75, 3.05) is 11.5 Å². The van der Waals surface area contributed by atoms with Crippen LogP contribution in [0.5, 0.6) is 0 Å². The molecule has 174 valence electrons. The van der Waals surface area contributed by atoms with Gasteiger partial charge in [-0.1, -0.05) is 29.5 Å². The molecule has 10 nitrogen and oxygen atoms in total. The number of anilines is 1. The van der Waals surface area contributed by atoms with Crippen molar-refractivity contribution in [1.82, 2.24) is 4.98 Å². The van der Waals surface area contributed by atoms with Gasteiger partial charge >= 0.3 is 5.97 Å². The molecule has 4 rings (SSSR count). The normalized spacial score (nSPS) is 15.6. The van der Waals surface area contributed by atoms with Crippen LogP contribution >= 0.6 is 22.7 Å². The average Bonchev–Trinajstić information content (AvgIpc) is 3.53. The number of aryl methyl sites for hydroxylation is 1. The number of Topliss-reactive ketones (excluding diaryl/α,β-unsaturated/α-hetero) is 1. The Balaban J connectivity index is 1.88. The van der Waals surface area contributed by atoms with Gasteiger partial charge < -0.3 is 9.84 Å². The van der Waals surface area contributed by atoms with Crippen LogP contribution in [0.15, 0.2) is 53.1 Å². The molecule has 0 spiro atoms. The standard InChI is InChI=1S/C22H17N3O7S2/c1-3-32-21(29)19-11(2)23-22(34-19)24-16(12-6-4-7-13(10-12)25(30)31)15(18(27)20(24)28)17(26)14-8-5-9-33-14/h4-10,16,27H,3H2,1-2H3. The molecule has 12 heteroatoms. The number of hydrogen-bond acceptors (Lipinski definition) is 10. The number of nitro benzene ring substituents is 1. The highest BCUT2D eigenvalue weighted by molar-refractivity contribution is 7.17. The lowest BCUT2D eigenvalue weighted by molar-refractivity contribution is -0.384. The predicted molar refractivity (Wildman–Crippen MR) is 124 cm³/mol. The maximum atomic E-state index is 13.3. The molecule has 0 radical (unpaired) electrons. The quantitative estimate of drug-likeness (QED) is 0.219. The Morgan fingerprint density at radius 1 is 1.29 bits per heavy atom. The molecule has 1 N–H and O–H groups in total. The van der Waals surface area contributed by atoms with Crippen molar-refractivity contribution in [2.45, 2.75) is 19.9 Å². The maximum absolute atomic E-state index is 13.3. The van der Waals surface area contributed by atoms with Crippen LogP contribution < -0.4 is 4.90 Å². The van der Waals surface area contributed by atoms with Gasteiger partial charge in [0.05, 0.1) is 33.7 Å². The second-order valence-electron chi connectivity index (χ2n) is 7.13. The molecule has 0 saturated carbocycles. The number of thiophene rings is 1. The minimum Gasteiger partial charge on any atom is -0.503 e. The summed E-state index contributed by atoms with van der Waals surface area (Å²) in [5.74, 6) is -2.88. The number of hydrogen-bond donors (Lipinski definition) is 1. The number of nitrogens with zero attached hydrogens (tertiary/aromatic N) is 3. The summed E-state index contributed by atoms with van der Waals surface area (Å²) in [6.45, 7) is 3.37. The molecule has 3 heterocycles. The van der Waals surface area contributed by atoms with Gasteiger partial charge in [0.15, 0.2) is 10.9 Å². The van der Waals surface area contributed by atoms with Gasteiger partial charge in [0.25, 0.3) is 11.6 Å². The number of ether oxygens (including phenoxy) is 1. The van der Waals surface area contributed by atoms with E-state index in [2.05, 4.69) is 4.98 Å². The van der Waals surface area contributed by atoms with Crippen LogP contribution in [-0.4, -0.2) is 39.3 Å². The average molecular weight is 500 g/mol. The van der Waals surface area contributed by atoms with Crippen molar-refractivity contribution in [2.24, 2.45) is 0 Å². The van der Waals surface area contributed by atoms with Crippen LogP contribution in [0.2, 0.25) is 0 Å². The summed E-state index contributed by atoms with van der Waals surface area (Å²) in [5, 5.41) is 23.9. The van der Waals surface area contributed by atoms with Crippen molar-refractivity contribution in [3.05, 3.63) is 84.2 Å². The first kappa shape index (κ1) is 23.3. The van der Waals surface area contributed by atoms with Gasteiger partial charge in [-0.2, -0.15) is 0 Å². The Labute approximate surface area is 200 Å². The van der Waals surface area contributed by atoms with Crippen LogP contribution in [0.3, 0.4) is 0 Å². The molecule has 2 aromatic heterocycles. The summed E-state index contributed by atoms with van der Waals surface area (Å²) in [4.78, 5) is 55.4. The number of amides is 1. The van der Waals surface area contributed by atoms with Crippen LogP contribution in [-0.2, 0) is 9.53 Å². The molecule has 34 heavy (non-hydrogen) atoms. The monoisotopic (exact) mass is 499 g/mol. The molecule has 1 aromatic carbocycles. The molecule has 1 unspecified atom stereocenters. The van der Waals surface area contributed by atoms with Crippen molar-refractivity contribution in [3.8, 4) is 0 Å². The van der Waals surface area contributed by atoms with Crippen LogP contribution in [0, 0.1) is 17.0 Å². The van der Waals surface area contributed by atoms with Crippen molar-refractivity contribution < 1.29 is 29.2 Å². The number of ketones is 1. The van der Waals surface area contributed by atoms with E-state index in [1.165, 1.54) is 24.3 Å². The first-order valence-electron chi connectivity index (χ1n) is 9.98. The van der Waals surface area contributed by atoms with Gasteiger partial charge in [0.2, 0.25) is 5.78 Å². The molecule has 0 fully saturated rings. The Bertz CT molecular complexity index is 1340. The van der Waals surface area contributed by atoms with Gasteiger partial charge in [-0.25, -0.2) is 9.78 Å². The van der Waals surface area contributed by atoms with E-state index < -0.39 is 34.4 Å². The number of nitro groups is 1. The highest BCUT2D eigenvalue weighted by Gasteiger charge is 2.46. The zero-order chi connectivity index (χ0) is 24.6. The Hall–Kier alpha value is -3.90. The van der Waals surface area contributed by atoms with Gasteiger partial charge in [-0.05, 0) is 30.9 Å². The summed E-state index contributed by atoms with van der Waals surface area (Å²) in [6, 6.07) is 7.47. The Kier molecular flexibility index (Phi) is 6.26. The van der Waals surface area contributed by atoms with Gasteiger partial charge in [0, 0.05) is 12.1 Å². The van der Waals surface area contributed by atoms with E-state index >= 15 is 0 Å². The van der Waals surface area contributed by atoms with Crippen LogP contribution in [0.4, 0.5) is 10.8 Å². The number of non-ortho nitro benzene ring substituents is 1. The largest absolute Gasteiger partial charge is 0.503 e. The topological polar surface area (TPSA) is 140 Å². The summed E-state index contributed by atoms with van der Waals surface area (Å²) in [5.41, 5.74) is 0.0684. The fourth-order valence-electron chi connectivity index (χ4n) is 3.57. The van der Waals surface area contributed by atoms with Crippen molar-refractivity contribution in [1.29, 1.82) is 0 Å². The fraction of sp³-hybridized carbons (Fsp3) is 0.182. The first-order chi connectivity index (χ1) is 16.2. The van der Waals surface area contributed by atoms with Crippen LogP contribution in [0.1, 0.15) is 43.6 Å². The number of rotatable bonds is 7. The molecule has 1 amide bonds. The van der Waals surface area contributed by atoms with Gasteiger partial charge in [-0.15, -0.1) is 11.3 Å². The number of aromatic nitrogens is 1. The predicted octanol–water partition coefficient (Wildman–Crippen LogP) is 4.38. The Morgan fingerprint density at radius 2 is 2.06 bits per heavy atom. The van der Waals surface area contributed by atoms with E-state index in [9.17, 15) is 29.6 Å². The smallest absolute Gasteiger partial charge is 0.350 e. The third-order valence-electron chi connectivity index (χ3n) is 5.05. The number of esters is 1. The third-order valence-corrected chi connectivity index (χ3v) is 7.05. The zero-order valence-electron chi connectivity index (χ0n) is 17.9. The molecule has 3 aromatic rings. The van der Waals surface area contributed by atoms with Crippen molar-refractivity contribution in [3.63, 3.8) is 0 Å². The second-order valence-corrected chi connectivity index (χ2v) is 9.06. The SMILES string of the molecule is CCOC(=O)c1sc(N2C(=O)C(O)=C(C(=O)c3cccs3)C2c2cccc([N+](=O)[O-])c2)nc1C. The maximum Gasteiger partial charge on any atom is 0.350 e. The number of benzene rings is 1. The first-order valence-corrected chi connectivity index (χ1v) is 11.7. The summed E-state index contributed by atoms with van der Waals surface area (Å²) < 4.78 is 5.04.